The maximum absolute atomic E-state index is 12.8. The largest absolute Gasteiger partial charge is 0.462 e. The Balaban J connectivity index is 4.31. The summed E-state index contributed by atoms with van der Waals surface area (Å²) >= 11 is 0. The summed E-state index contributed by atoms with van der Waals surface area (Å²) in [6, 6.07) is 0. The molecule has 6 nitrogen and oxygen atoms in total. The van der Waals surface area contributed by atoms with Crippen LogP contribution in [-0.4, -0.2) is 37.2 Å². The van der Waals surface area contributed by atoms with E-state index in [1.165, 1.54) is 141 Å². The molecule has 0 spiro atoms. The Hall–Kier alpha value is -2.37. The average Bonchev–Trinajstić information content (AvgIpc) is 3.26. The Morgan fingerprint density at radius 2 is 0.639 bits per heavy atom. The van der Waals surface area contributed by atoms with Gasteiger partial charge in [-0.3, -0.25) is 14.4 Å². The van der Waals surface area contributed by atoms with Crippen molar-refractivity contribution in [1.29, 1.82) is 0 Å². The third kappa shape index (κ3) is 48.5. The Morgan fingerprint density at radius 1 is 0.344 bits per heavy atom. The van der Waals surface area contributed by atoms with Crippen molar-refractivity contribution < 1.29 is 28.6 Å². The second kappa shape index (κ2) is 50.3. The first kappa shape index (κ1) is 58.6. The van der Waals surface area contributed by atoms with Crippen molar-refractivity contribution in [2.24, 2.45) is 0 Å². The fraction of sp³-hybridized carbons (Fsp3) is 0.836. The van der Waals surface area contributed by atoms with E-state index >= 15 is 0 Å². The minimum Gasteiger partial charge on any atom is -0.462 e. The molecule has 1 unspecified atom stereocenters. The molecule has 61 heavy (non-hydrogen) atoms. The Labute approximate surface area is 378 Å². The van der Waals surface area contributed by atoms with Crippen molar-refractivity contribution in [3.05, 3.63) is 36.5 Å². The molecule has 0 N–H and O–H groups in total. The molecular weight excluding hydrogens is 757 g/mol. The highest BCUT2D eigenvalue weighted by atomic mass is 16.6. The van der Waals surface area contributed by atoms with Gasteiger partial charge in [0.2, 0.25) is 0 Å². The molecule has 6 heteroatoms. The van der Waals surface area contributed by atoms with E-state index in [1.54, 1.807) is 0 Å². The first-order valence-electron chi connectivity index (χ1n) is 26.5. The van der Waals surface area contributed by atoms with Crippen molar-refractivity contribution in [1.82, 2.24) is 0 Å². The number of rotatable bonds is 48. The highest BCUT2D eigenvalue weighted by Gasteiger charge is 2.19. The lowest BCUT2D eigenvalue weighted by molar-refractivity contribution is -0.167. The van der Waals surface area contributed by atoms with Crippen LogP contribution in [0.4, 0.5) is 0 Å². The number of ether oxygens (including phenoxy) is 3. The molecule has 0 amide bonds. The summed E-state index contributed by atoms with van der Waals surface area (Å²) in [4.78, 5) is 37.9. The minimum atomic E-state index is -0.775. The normalized spacial score (nSPS) is 12.2. The minimum absolute atomic E-state index is 0.0750. The van der Waals surface area contributed by atoms with Gasteiger partial charge in [0.15, 0.2) is 6.10 Å². The van der Waals surface area contributed by atoms with Gasteiger partial charge in [-0.1, -0.05) is 243 Å². The number of hydrogen-bond acceptors (Lipinski definition) is 6. The second-order valence-electron chi connectivity index (χ2n) is 17.8. The van der Waals surface area contributed by atoms with Gasteiger partial charge in [0.1, 0.15) is 13.2 Å². The van der Waals surface area contributed by atoms with Gasteiger partial charge >= 0.3 is 17.9 Å². The summed E-state index contributed by atoms with van der Waals surface area (Å²) in [6.07, 6.45) is 58.5. The number of allylic oxidation sites excluding steroid dienone is 6. The van der Waals surface area contributed by atoms with Crippen LogP contribution in [0.2, 0.25) is 0 Å². The first-order chi connectivity index (χ1) is 30.0. The zero-order valence-electron chi connectivity index (χ0n) is 40.7. The van der Waals surface area contributed by atoms with Gasteiger partial charge in [-0.2, -0.15) is 0 Å². The van der Waals surface area contributed by atoms with Crippen LogP contribution < -0.4 is 0 Å². The lowest BCUT2D eigenvalue weighted by Gasteiger charge is -2.18. The number of esters is 3. The second-order valence-corrected chi connectivity index (χ2v) is 17.8. The predicted octanol–water partition coefficient (Wildman–Crippen LogP) is 17.3. The molecule has 0 rings (SSSR count). The highest BCUT2D eigenvalue weighted by Crippen LogP contribution is 2.16. The molecule has 0 aromatic rings. The van der Waals surface area contributed by atoms with Gasteiger partial charge in [0.25, 0.3) is 0 Å². The smallest absolute Gasteiger partial charge is 0.306 e. The molecule has 0 heterocycles. The van der Waals surface area contributed by atoms with E-state index in [9.17, 15) is 14.4 Å². The summed E-state index contributed by atoms with van der Waals surface area (Å²) in [6.45, 7) is 6.53. The summed E-state index contributed by atoms with van der Waals surface area (Å²) in [5, 5.41) is 0. The third-order valence-corrected chi connectivity index (χ3v) is 11.7. The SMILES string of the molecule is CC/C=C\C/C=C\C/C=C\CCCCCCCC(=O)OC(COC(=O)CCCCCCCCCCCC)COC(=O)CCCCCCCCCCCCCCCCCCCC. The Morgan fingerprint density at radius 3 is 1.00 bits per heavy atom. The fourth-order valence-electron chi connectivity index (χ4n) is 7.69. The Bertz CT molecular complexity index is 1030. The fourth-order valence-corrected chi connectivity index (χ4v) is 7.69. The van der Waals surface area contributed by atoms with E-state index in [0.717, 1.165) is 96.3 Å². The van der Waals surface area contributed by atoms with E-state index < -0.39 is 6.10 Å². The van der Waals surface area contributed by atoms with Crippen molar-refractivity contribution in [2.45, 2.75) is 284 Å². The van der Waals surface area contributed by atoms with Gasteiger partial charge in [0, 0.05) is 19.3 Å². The molecule has 0 aliphatic carbocycles. The summed E-state index contributed by atoms with van der Waals surface area (Å²) in [5.74, 6) is -0.881. The summed E-state index contributed by atoms with van der Waals surface area (Å²) in [5.41, 5.74) is 0. The number of unbranched alkanes of at least 4 members (excludes halogenated alkanes) is 31. The Kier molecular flexibility index (Phi) is 48.3. The van der Waals surface area contributed by atoms with E-state index in [4.69, 9.17) is 14.2 Å². The number of hydrogen-bond donors (Lipinski definition) is 0. The van der Waals surface area contributed by atoms with E-state index in [2.05, 4.69) is 57.2 Å². The molecule has 1 atom stereocenters. The van der Waals surface area contributed by atoms with Gasteiger partial charge in [-0.05, 0) is 51.4 Å². The van der Waals surface area contributed by atoms with E-state index in [-0.39, 0.29) is 31.1 Å². The summed E-state index contributed by atoms with van der Waals surface area (Å²) < 4.78 is 16.8. The van der Waals surface area contributed by atoms with Gasteiger partial charge in [0.05, 0.1) is 0 Å². The maximum atomic E-state index is 12.8. The molecule has 0 bridgehead atoms. The highest BCUT2D eigenvalue weighted by molar-refractivity contribution is 5.71. The van der Waals surface area contributed by atoms with Crippen molar-refractivity contribution in [3.63, 3.8) is 0 Å². The molecule has 0 aliphatic rings. The standard InChI is InChI=1S/C55H100O6/c1-4-7-10-13-16-19-22-24-26-27-28-30-31-33-36-39-42-45-48-54(57)60-51-52(50-59-53(56)47-44-41-38-35-21-18-15-12-9-6-3)61-55(58)49-46-43-40-37-34-32-29-25-23-20-17-14-11-8-5-2/h8,11,17,20,25,29,52H,4-7,9-10,12-16,18-19,21-24,26-28,30-51H2,1-3H3/b11-8-,20-17-,29-25-. The zero-order valence-corrected chi connectivity index (χ0v) is 40.7. The zero-order chi connectivity index (χ0) is 44.4. The average molecular weight is 857 g/mol. The molecule has 0 saturated heterocycles. The van der Waals surface area contributed by atoms with Crippen LogP contribution in [0, 0.1) is 0 Å². The van der Waals surface area contributed by atoms with Crippen LogP contribution >= 0.6 is 0 Å². The quantitative estimate of drug-likeness (QED) is 0.0262. The number of carbonyl (C=O) groups is 3. The van der Waals surface area contributed by atoms with Gasteiger partial charge in [-0.25, -0.2) is 0 Å². The van der Waals surface area contributed by atoms with Crippen molar-refractivity contribution in [2.75, 3.05) is 13.2 Å². The lowest BCUT2D eigenvalue weighted by Crippen LogP contribution is -2.30. The molecular formula is C55H100O6. The summed E-state index contributed by atoms with van der Waals surface area (Å²) in [7, 11) is 0. The van der Waals surface area contributed by atoms with Crippen LogP contribution in [0.15, 0.2) is 36.5 Å². The van der Waals surface area contributed by atoms with Crippen LogP contribution in [-0.2, 0) is 28.6 Å². The lowest BCUT2D eigenvalue weighted by atomic mass is 10.0. The van der Waals surface area contributed by atoms with Gasteiger partial charge in [-0.15, -0.1) is 0 Å². The molecule has 356 valence electrons. The van der Waals surface area contributed by atoms with Crippen LogP contribution in [0.25, 0.3) is 0 Å². The van der Waals surface area contributed by atoms with Crippen LogP contribution in [0.5, 0.6) is 0 Å². The maximum Gasteiger partial charge on any atom is 0.306 e. The van der Waals surface area contributed by atoms with E-state index in [1.807, 2.05) is 0 Å². The van der Waals surface area contributed by atoms with Crippen molar-refractivity contribution in [3.8, 4) is 0 Å². The number of carbonyl (C=O) groups excluding carboxylic acids is 3. The van der Waals surface area contributed by atoms with E-state index in [0.29, 0.717) is 19.3 Å². The molecule has 0 radical (unpaired) electrons. The van der Waals surface area contributed by atoms with Crippen LogP contribution in [0.1, 0.15) is 278 Å². The topological polar surface area (TPSA) is 78.9 Å². The monoisotopic (exact) mass is 857 g/mol. The third-order valence-electron chi connectivity index (χ3n) is 11.7. The van der Waals surface area contributed by atoms with Gasteiger partial charge < -0.3 is 14.2 Å². The molecule has 0 aromatic heterocycles. The van der Waals surface area contributed by atoms with Crippen LogP contribution in [0.3, 0.4) is 0 Å². The molecule has 0 fully saturated rings. The predicted molar refractivity (Wildman–Crippen MR) is 261 cm³/mol. The first-order valence-corrected chi connectivity index (χ1v) is 26.5. The molecule has 0 saturated carbocycles. The van der Waals surface area contributed by atoms with Crippen molar-refractivity contribution >= 4 is 17.9 Å². The molecule has 0 aromatic carbocycles. The molecule has 0 aliphatic heterocycles.